The number of piperidine rings is 1. The molecule has 1 unspecified atom stereocenters. The standard InChI is InChI=1S/C21H23N3O3.C2HF3O2/c1-23(2)20(26)18-16-7-3-4-8-17(16)21(27-18)9-12-24(13-10-21)19(25)15-6-5-11-22-14-15;3-2(4,5)1(6)7/h3-8,11,14,18H,9-10,12-13H2,1-2H3;(H,6,7). The summed E-state index contributed by atoms with van der Waals surface area (Å²) in [6, 6.07) is 11.5. The number of halogens is 3. The molecule has 8 nitrogen and oxygen atoms in total. The van der Waals surface area contributed by atoms with Crippen LogP contribution in [-0.4, -0.2) is 71.0 Å². The lowest BCUT2D eigenvalue weighted by Crippen LogP contribution is -2.45. The SMILES string of the molecule is CN(C)C(=O)C1OC2(CCN(C(=O)c3cccnc3)CC2)c2ccccc21.O=C(O)C(F)(F)F. The van der Waals surface area contributed by atoms with Gasteiger partial charge in [-0.1, -0.05) is 24.3 Å². The Bertz CT molecular complexity index is 1050. The fraction of sp³-hybridized carbons (Fsp3) is 0.391. The molecule has 4 rings (SSSR count). The highest BCUT2D eigenvalue weighted by Gasteiger charge is 2.49. The van der Waals surface area contributed by atoms with E-state index in [1.807, 2.05) is 23.1 Å². The Morgan fingerprint density at radius 2 is 1.74 bits per heavy atom. The molecule has 0 radical (unpaired) electrons. The van der Waals surface area contributed by atoms with Crippen molar-refractivity contribution < 1.29 is 37.4 Å². The number of hydrogen-bond acceptors (Lipinski definition) is 5. The third kappa shape index (κ3) is 5.19. The molecular formula is C23H24F3N3O5. The molecule has 1 aromatic heterocycles. The van der Waals surface area contributed by atoms with Crippen LogP contribution >= 0.6 is 0 Å². The maximum absolute atomic E-state index is 12.7. The number of carbonyl (C=O) groups excluding carboxylic acids is 2. The highest BCUT2D eigenvalue weighted by Crippen LogP contribution is 2.49. The van der Waals surface area contributed by atoms with Gasteiger partial charge in [-0.15, -0.1) is 0 Å². The molecule has 2 amide bonds. The van der Waals surface area contributed by atoms with E-state index < -0.39 is 23.9 Å². The second kappa shape index (κ2) is 9.80. The number of carboxylic acids is 1. The Labute approximate surface area is 193 Å². The molecule has 0 aliphatic carbocycles. The van der Waals surface area contributed by atoms with Gasteiger partial charge < -0.3 is 19.6 Å². The maximum atomic E-state index is 12.7. The first-order valence-corrected chi connectivity index (χ1v) is 10.4. The number of aromatic nitrogens is 1. The normalized spacial score (nSPS) is 18.5. The van der Waals surface area contributed by atoms with E-state index in [9.17, 15) is 22.8 Å². The van der Waals surface area contributed by atoms with Crippen LogP contribution in [0.25, 0.3) is 0 Å². The van der Waals surface area contributed by atoms with Crippen molar-refractivity contribution in [2.45, 2.75) is 30.7 Å². The minimum Gasteiger partial charge on any atom is -0.475 e. The number of nitrogens with zero attached hydrogens (tertiary/aromatic N) is 3. The summed E-state index contributed by atoms with van der Waals surface area (Å²) < 4.78 is 38.1. The maximum Gasteiger partial charge on any atom is 0.490 e. The number of carbonyl (C=O) groups is 3. The second-order valence-electron chi connectivity index (χ2n) is 8.15. The quantitative estimate of drug-likeness (QED) is 0.711. The Morgan fingerprint density at radius 3 is 2.26 bits per heavy atom. The molecule has 34 heavy (non-hydrogen) atoms. The lowest BCUT2D eigenvalue weighted by molar-refractivity contribution is -0.192. The van der Waals surface area contributed by atoms with Crippen LogP contribution < -0.4 is 0 Å². The molecule has 11 heteroatoms. The Kier molecular flexibility index (Phi) is 7.25. The van der Waals surface area contributed by atoms with Crippen LogP contribution in [0.2, 0.25) is 0 Å². The van der Waals surface area contributed by atoms with Gasteiger partial charge in [-0.25, -0.2) is 4.79 Å². The highest BCUT2D eigenvalue weighted by atomic mass is 19.4. The van der Waals surface area contributed by atoms with E-state index in [1.165, 1.54) is 0 Å². The van der Waals surface area contributed by atoms with E-state index >= 15 is 0 Å². The van der Waals surface area contributed by atoms with Crippen LogP contribution in [0.15, 0.2) is 48.8 Å². The van der Waals surface area contributed by atoms with Crippen molar-refractivity contribution in [3.8, 4) is 0 Å². The van der Waals surface area contributed by atoms with Gasteiger partial charge in [0.2, 0.25) is 0 Å². The highest BCUT2D eigenvalue weighted by molar-refractivity contribution is 5.94. The first-order valence-electron chi connectivity index (χ1n) is 10.4. The van der Waals surface area contributed by atoms with Gasteiger partial charge in [-0.3, -0.25) is 14.6 Å². The molecule has 2 aliphatic heterocycles. The number of carboxylic acid groups (broad SMARTS) is 1. The molecule has 1 N–H and O–H groups in total. The number of hydrogen-bond donors (Lipinski definition) is 1. The minimum atomic E-state index is -5.08. The van der Waals surface area contributed by atoms with Crippen molar-refractivity contribution in [3.05, 3.63) is 65.5 Å². The number of aliphatic carboxylic acids is 1. The number of likely N-dealkylation sites (tertiary alicyclic amines) is 1. The Morgan fingerprint density at radius 1 is 1.12 bits per heavy atom. The van der Waals surface area contributed by atoms with Gasteiger partial charge >= 0.3 is 12.1 Å². The van der Waals surface area contributed by atoms with E-state index in [0.29, 0.717) is 31.5 Å². The summed E-state index contributed by atoms with van der Waals surface area (Å²) >= 11 is 0. The zero-order chi connectivity index (χ0) is 25.1. The predicted molar refractivity (Wildman–Crippen MR) is 114 cm³/mol. The zero-order valence-corrected chi connectivity index (χ0v) is 18.6. The number of likely N-dealkylation sites (N-methyl/N-ethyl adjacent to an activating group) is 1. The molecule has 2 aromatic rings. The van der Waals surface area contributed by atoms with Crippen molar-refractivity contribution in [2.75, 3.05) is 27.2 Å². The Hall–Kier alpha value is -3.47. The van der Waals surface area contributed by atoms with Crippen LogP contribution in [0.3, 0.4) is 0 Å². The summed E-state index contributed by atoms with van der Waals surface area (Å²) in [4.78, 5) is 41.7. The molecule has 1 saturated heterocycles. The van der Waals surface area contributed by atoms with Gasteiger partial charge in [0, 0.05) is 39.6 Å². The van der Waals surface area contributed by atoms with Crippen LogP contribution in [0.1, 0.15) is 40.4 Å². The molecule has 1 spiro atoms. The number of amides is 2. The van der Waals surface area contributed by atoms with Crippen LogP contribution in [-0.2, 0) is 19.9 Å². The average molecular weight is 479 g/mol. The number of fused-ring (bicyclic) bond motifs is 2. The second-order valence-corrected chi connectivity index (χ2v) is 8.15. The predicted octanol–water partition coefficient (Wildman–Crippen LogP) is 3.01. The van der Waals surface area contributed by atoms with Gasteiger partial charge in [0.1, 0.15) is 0 Å². The van der Waals surface area contributed by atoms with E-state index in [-0.39, 0.29) is 11.8 Å². The molecule has 182 valence electrons. The van der Waals surface area contributed by atoms with E-state index in [2.05, 4.69) is 11.1 Å². The van der Waals surface area contributed by atoms with Crippen molar-refractivity contribution in [1.82, 2.24) is 14.8 Å². The number of alkyl halides is 3. The van der Waals surface area contributed by atoms with Gasteiger partial charge in [0.15, 0.2) is 6.10 Å². The lowest BCUT2D eigenvalue weighted by atomic mass is 9.83. The zero-order valence-electron chi connectivity index (χ0n) is 18.6. The third-order valence-corrected chi connectivity index (χ3v) is 5.75. The molecule has 0 saturated carbocycles. The van der Waals surface area contributed by atoms with Crippen molar-refractivity contribution >= 4 is 17.8 Å². The largest absolute Gasteiger partial charge is 0.490 e. The summed E-state index contributed by atoms with van der Waals surface area (Å²) in [6.45, 7) is 1.18. The summed E-state index contributed by atoms with van der Waals surface area (Å²) in [5, 5.41) is 7.12. The first kappa shape index (κ1) is 25.2. The average Bonchev–Trinajstić information content (AvgIpc) is 3.13. The third-order valence-electron chi connectivity index (χ3n) is 5.75. The molecule has 1 aromatic carbocycles. The number of ether oxygens (including phenoxy) is 1. The molecule has 1 fully saturated rings. The van der Waals surface area contributed by atoms with E-state index in [4.69, 9.17) is 14.6 Å². The smallest absolute Gasteiger partial charge is 0.475 e. The summed E-state index contributed by atoms with van der Waals surface area (Å²) in [5.41, 5.74) is 2.13. The Balaban J connectivity index is 0.000000406. The summed E-state index contributed by atoms with van der Waals surface area (Å²) in [6.07, 6.45) is -1.05. The summed E-state index contributed by atoms with van der Waals surface area (Å²) in [5.74, 6) is -2.81. The van der Waals surface area contributed by atoms with Gasteiger partial charge in [-0.05, 0) is 36.1 Å². The topological polar surface area (TPSA) is 100 Å². The number of pyridine rings is 1. The summed E-state index contributed by atoms with van der Waals surface area (Å²) in [7, 11) is 3.49. The van der Waals surface area contributed by atoms with Crippen molar-refractivity contribution in [1.29, 1.82) is 0 Å². The lowest BCUT2D eigenvalue weighted by Gasteiger charge is -2.39. The number of rotatable bonds is 2. The molecular weight excluding hydrogens is 455 g/mol. The van der Waals surface area contributed by atoms with Crippen LogP contribution in [0.5, 0.6) is 0 Å². The monoisotopic (exact) mass is 479 g/mol. The van der Waals surface area contributed by atoms with Gasteiger partial charge in [0.05, 0.1) is 11.2 Å². The molecule has 1 atom stereocenters. The molecule has 3 heterocycles. The first-order chi connectivity index (χ1) is 16.0. The van der Waals surface area contributed by atoms with Gasteiger partial charge in [-0.2, -0.15) is 13.2 Å². The minimum absolute atomic E-state index is 0.00912. The number of benzene rings is 1. The van der Waals surface area contributed by atoms with Crippen molar-refractivity contribution in [3.63, 3.8) is 0 Å². The van der Waals surface area contributed by atoms with Crippen LogP contribution in [0.4, 0.5) is 13.2 Å². The molecule has 0 bridgehead atoms. The van der Waals surface area contributed by atoms with E-state index in [0.717, 1.165) is 11.1 Å². The van der Waals surface area contributed by atoms with Gasteiger partial charge in [0.25, 0.3) is 11.8 Å². The fourth-order valence-corrected chi connectivity index (χ4v) is 4.04. The van der Waals surface area contributed by atoms with Crippen molar-refractivity contribution in [2.24, 2.45) is 0 Å². The molecule has 2 aliphatic rings. The van der Waals surface area contributed by atoms with Crippen LogP contribution in [0, 0.1) is 0 Å². The van der Waals surface area contributed by atoms with E-state index in [1.54, 1.807) is 43.5 Å². The fourth-order valence-electron chi connectivity index (χ4n) is 4.04.